The Morgan fingerprint density at radius 2 is 2.05 bits per heavy atom. The van der Waals surface area contributed by atoms with Crippen LogP contribution in [-0.4, -0.2) is 30.3 Å². The van der Waals surface area contributed by atoms with Crippen molar-refractivity contribution in [2.45, 2.75) is 52.5 Å². The number of aliphatic hydroxyl groups is 1. The summed E-state index contributed by atoms with van der Waals surface area (Å²) in [5, 5.41) is 14.8. The molecule has 2 atom stereocenters. The van der Waals surface area contributed by atoms with E-state index in [0.29, 0.717) is 5.41 Å². The lowest BCUT2D eigenvalue weighted by atomic mass is 9.90. The predicted molar refractivity (Wildman–Crippen MR) is 78.0 cm³/mol. The molecular formula is C15H28N2O2. The van der Waals surface area contributed by atoms with Crippen molar-refractivity contribution < 1.29 is 9.90 Å². The SMILES string of the molecule is CC(C)(C)CCCCNC(=O)N[C@@H]1C=C[C@H](CO)C1. The third kappa shape index (κ3) is 7.21. The molecule has 0 aromatic rings. The number of carbonyl (C=O) groups excluding carboxylic acids is 1. The molecule has 3 N–H and O–H groups in total. The van der Waals surface area contributed by atoms with Gasteiger partial charge >= 0.3 is 6.03 Å². The molecule has 1 aliphatic carbocycles. The Morgan fingerprint density at radius 1 is 1.32 bits per heavy atom. The summed E-state index contributed by atoms with van der Waals surface area (Å²) in [6.45, 7) is 7.58. The second-order valence-electron chi connectivity index (χ2n) is 6.59. The van der Waals surface area contributed by atoms with E-state index in [4.69, 9.17) is 5.11 Å². The first-order chi connectivity index (χ1) is 8.90. The van der Waals surface area contributed by atoms with Gasteiger partial charge in [-0.2, -0.15) is 0 Å². The Balaban J connectivity index is 2.04. The fourth-order valence-corrected chi connectivity index (χ4v) is 2.22. The number of urea groups is 1. The van der Waals surface area contributed by atoms with E-state index in [1.165, 1.54) is 6.42 Å². The molecule has 0 aliphatic heterocycles. The Bertz CT molecular complexity index is 308. The summed E-state index contributed by atoms with van der Waals surface area (Å²) >= 11 is 0. The summed E-state index contributed by atoms with van der Waals surface area (Å²) < 4.78 is 0. The molecule has 0 fully saturated rings. The molecule has 4 nitrogen and oxygen atoms in total. The molecule has 0 bridgehead atoms. The van der Waals surface area contributed by atoms with Crippen molar-refractivity contribution in [3.05, 3.63) is 12.2 Å². The molecule has 0 aromatic carbocycles. The highest BCUT2D eigenvalue weighted by Crippen LogP contribution is 2.21. The number of hydrogen-bond acceptors (Lipinski definition) is 2. The molecule has 4 heteroatoms. The number of unbranched alkanes of at least 4 members (excludes halogenated alkanes) is 1. The second kappa shape index (κ2) is 7.53. The molecule has 0 spiro atoms. The van der Waals surface area contributed by atoms with Gasteiger partial charge in [-0.05, 0) is 24.7 Å². The molecule has 0 heterocycles. The van der Waals surface area contributed by atoms with Gasteiger partial charge in [0.2, 0.25) is 0 Å². The summed E-state index contributed by atoms with van der Waals surface area (Å²) in [4.78, 5) is 11.6. The van der Waals surface area contributed by atoms with Crippen LogP contribution in [0.25, 0.3) is 0 Å². The summed E-state index contributed by atoms with van der Waals surface area (Å²) in [6, 6.07) is -0.0456. The summed E-state index contributed by atoms with van der Waals surface area (Å²) in [5.74, 6) is 0.192. The number of carbonyl (C=O) groups is 1. The lowest BCUT2D eigenvalue weighted by molar-refractivity contribution is 0.231. The largest absolute Gasteiger partial charge is 0.396 e. The van der Waals surface area contributed by atoms with Crippen molar-refractivity contribution in [1.29, 1.82) is 0 Å². The van der Waals surface area contributed by atoms with Gasteiger partial charge in [-0.15, -0.1) is 0 Å². The normalized spacial score (nSPS) is 22.5. The van der Waals surface area contributed by atoms with Crippen LogP contribution in [-0.2, 0) is 0 Å². The zero-order valence-corrected chi connectivity index (χ0v) is 12.4. The fourth-order valence-electron chi connectivity index (χ4n) is 2.22. The molecule has 1 aliphatic rings. The second-order valence-corrected chi connectivity index (χ2v) is 6.59. The number of nitrogens with one attached hydrogen (secondary N) is 2. The molecular weight excluding hydrogens is 240 g/mol. The molecule has 2 amide bonds. The van der Waals surface area contributed by atoms with Crippen molar-refractivity contribution in [3.63, 3.8) is 0 Å². The first-order valence-corrected chi connectivity index (χ1v) is 7.24. The van der Waals surface area contributed by atoms with Gasteiger partial charge in [0, 0.05) is 25.1 Å². The Labute approximate surface area is 116 Å². The fraction of sp³-hybridized carbons (Fsp3) is 0.800. The third-order valence-electron chi connectivity index (χ3n) is 3.36. The Morgan fingerprint density at radius 3 is 2.63 bits per heavy atom. The van der Waals surface area contributed by atoms with Crippen molar-refractivity contribution in [2.75, 3.05) is 13.2 Å². The van der Waals surface area contributed by atoms with Gasteiger partial charge in [-0.3, -0.25) is 0 Å². The van der Waals surface area contributed by atoms with Crippen molar-refractivity contribution in [3.8, 4) is 0 Å². The summed E-state index contributed by atoms with van der Waals surface area (Å²) in [7, 11) is 0. The smallest absolute Gasteiger partial charge is 0.315 e. The number of aliphatic hydroxyl groups excluding tert-OH is 1. The molecule has 110 valence electrons. The molecule has 0 radical (unpaired) electrons. The van der Waals surface area contributed by atoms with E-state index < -0.39 is 0 Å². The minimum Gasteiger partial charge on any atom is -0.396 e. The Hall–Kier alpha value is -1.03. The van der Waals surface area contributed by atoms with Crippen LogP contribution in [0, 0.1) is 11.3 Å². The van der Waals surface area contributed by atoms with E-state index in [1.54, 1.807) is 0 Å². The molecule has 0 saturated carbocycles. The van der Waals surface area contributed by atoms with Gasteiger partial charge in [-0.1, -0.05) is 39.3 Å². The maximum atomic E-state index is 11.6. The van der Waals surface area contributed by atoms with Crippen LogP contribution in [0.1, 0.15) is 46.5 Å². The predicted octanol–water partition coefficient (Wildman–Crippen LogP) is 2.44. The van der Waals surface area contributed by atoms with Crippen LogP contribution in [0.5, 0.6) is 0 Å². The lowest BCUT2D eigenvalue weighted by Gasteiger charge is -2.18. The highest BCUT2D eigenvalue weighted by atomic mass is 16.3. The summed E-state index contributed by atoms with van der Waals surface area (Å²) in [6.07, 6.45) is 8.06. The number of hydrogen-bond donors (Lipinski definition) is 3. The van der Waals surface area contributed by atoms with E-state index in [9.17, 15) is 4.79 Å². The van der Waals surface area contributed by atoms with Crippen LogP contribution in [0.2, 0.25) is 0 Å². The molecule has 0 unspecified atom stereocenters. The zero-order valence-electron chi connectivity index (χ0n) is 12.4. The lowest BCUT2D eigenvalue weighted by Crippen LogP contribution is -2.41. The highest BCUT2D eigenvalue weighted by molar-refractivity contribution is 5.74. The average molecular weight is 268 g/mol. The molecule has 19 heavy (non-hydrogen) atoms. The monoisotopic (exact) mass is 268 g/mol. The third-order valence-corrected chi connectivity index (χ3v) is 3.36. The van der Waals surface area contributed by atoms with E-state index in [-0.39, 0.29) is 24.6 Å². The average Bonchev–Trinajstić information content (AvgIpc) is 2.74. The molecule has 0 saturated heterocycles. The first kappa shape index (κ1) is 16.0. The van der Waals surface area contributed by atoms with Crippen molar-refractivity contribution in [2.24, 2.45) is 11.3 Å². The molecule has 1 rings (SSSR count). The van der Waals surface area contributed by atoms with Crippen molar-refractivity contribution >= 4 is 6.03 Å². The van der Waals surface area contributed by atoms with Gasteiger partial charge in [0.15, 0.2) is 0 Å². The van der Waals surface area contributed by atoms with Crippen LogP contribution >= 0.6 is 0 Å². The van der Waals surface area contributed by atoms with E-state index in [2.05, 4.69) is 31.4 Å². The summed E-state index contributed by atoms with van der Waals surface area (Å²) in [5.41, 5.74) is 0.371. The van der Waals surface area contributed by atoms with Crippen molar-refractivity contribution in [1.82, 2.24) is 10.6 Å². The standard InChI is InChI=1S/C15H28N2O2/c1-15(2,3)8-4-5-9-16-14(19)17-13-7-6-12(10-13)11-18/h6-7,12-13,18H,4-5,8-11H2,1-3H3,(H2,16,17,19)/t12-,13+/m0/s1. The maximum absolute atomic E-state index is 11.6. The highest BCUT2D eigenvalue weighted by Gasteiger charge is 2.19. The quantitative estimate of drug-likeness (QED) is 0.512. The minimum absolute atomic E-state index is 0.0618. The van der Waals surface area contributed by atoms with Gasteiger partial charge in [0.25, 0.3) is 0 Å². The van der Waals surface area contributed by atoms with Gasteiger partial charge in [0.05, 0.1) is 0 Å². The number of amides is 2. The number of rotatable bonds is 6. The van der Waals surface area contributed by atoms with Crippen LogP contribution in [0.15, 0.2) is 12.2 Å². The molecule has 0 aromatic heterocycles. The first-order valence-electron chi connectivity index (χ1n) is 7.24. The van der Waals surface area contributed by atoms with Gasteiger partial charge in [-0.25, -0.2) is 4.79 Å². The van der Waals surface area contributed by atoms with Gasteiger partial charge in [0.1, 0.15) is 0 Å². The maximum Gasteiger partial charge on any atom is 0.315 e. The van der Waals surface area contributed by atoms with Gasteiger partial charge < -0.3 is 15.7 Å². The van der Waals surface area contributed by atoms with E-state index >= 15 is 0 Å². The topological polar surface area (TPSA) is 61.4 Å². The Kier molecular flexibility index (Phi) is 6.35. The zero-order chi connectivity index (χ0) is 14.3. The van der Waals surface area contributed by atoms with E-state index in [1.807, 2.05) is 12.2 Å². The van der Waals surface area contributed by atoms with Crippen LogP contribution in [0.4, 0.5) is 4.79 Å². The minimum atomic E-state index is -0.107. The van der Waals surface area contributed by atoms with E-state index in [0.717, 1.165) is 25.8 Å². The van der Waals surface area contributed by atoms with Crippen LogP contribution < -0.4 is 10.6 Å². The van der Waals surface area contributed by atoms with Crippen LogP contribution in [0.3, 0.4) is 0 Å².